The average Bonchev–Trinajstić information content (AvgIpc) is 2.94. The molecular weight excluding hydrogens is 330 g/mol. The summed E-state index contributed by atoms with van der Waals surface area (Å²) >= 11 is 8.84. The fourth-order valence-electron chi connectivity index (χ4n) is 1.54. The van der Waals surface area contributed by atoms with Gasteiger partial charge in [0.05, 0.1) is 5.02 Å². The number of thioether (sulfide) groups is 1. The van der Waals surface area contributed by atoms with Gasteiger partial charge in [0.2, 0.25) is 5.13 Å². The van der Waals surface area contributed by atoms with E-state index in [4.69, 9.17) is 16.3 Å². The molecule has 2 aromatic rings. The third kappa shape index (κ3) is 4.33. The van der Waals surface area contributed by atoms with Gasteiger partial charge in [0.15, 0.2) is 10.4 Å². The van der Waals surface area contributed by atoms with Crippen molar-refractivity contribution in [1.82, 2.24) is 10.2 Å². The minimum absolute atomic E-state index is 0.263. The maximum atomic E-state index is 12.2. The second-order valence-corrected chi connectivity index (χ2v) is 6.45. The Morgan fingerprint density at radius 1 is 1.48 bits per heavy atom. The molecule has 0 unspecified atom stereocenters. The molecule has 1 atom stereocenters. The van der Waals surface area contributed by atoms with E-state index in [1.807, 2.05) is 13.2 Å². The number of rotatable bonds is 6. The fourth-order valence-corrected chi connectivity index (χ4v) is 2.90. The van der Waals surface area contributed by atoms with E-state index in [9.17, 15) is 4.79 Å². The number of anilines is 1. The van der Waals surface area contributed by atoms with Gasteiger partial charge in [0.1, 0.15) is 5.75 Å². The first-order valence-electron chi connectivity index (χ1n) is 6.23. The number of hydrogen-bond acceptors (Lipinski definition) is 6. The van der Waals surface area contributed by atoms with Crippen molar-refractivity contribution in [2.75, 3.05) is 11.6 Å². The van der Waals surface area contributed by atoms with E-state index >= 15 is 0 Å². The molecule has 0 spiro atoms. The van der Waals surface area contributed by atoms with Crippen molar-refractivity contribution in [3.05, 3.63) is 29.3 Å². The van der Waals surface area contributed by atoms with Crippen LogP contribution < -0.4 is 10.1 Å². The number of benzene rings is 1. The summed E-state index contributed by atoms with van der Waals surface area (Å²) in [5.41, 5.74) is 0. The molecule has 112 valence electrons. The van der Waals surface area contributed by atoms with Crippen molar-refractivity contribution >= 4 is 45.7 Å². The lowest BCUT2D eigenvalue weighted by atomic mass is 10.2. The third-order valence-electron chi connectivity index (χ3n) is 2.58. The van der Waals surface area contributed by atoms with Crippen LogP contribution in [0.1, 0.15) is 13.3 Å². The monoisotopic (exact) mass is 343 g/mol. The van der Waals surface area contributed by atoms with Crippen LogP contribution in [0.2, 0.25) is 5.02 Å². The van der Waals surface area contributed by atoms with Gasteiger partial charge in [0.25, 0.3) is 5.91 Å². The number of halogens is 1. The summed E-state index contributed by atoms with van der Waals surface area (Å²) in [5.74, 6) is 0.226. The maximum absolute atomic E-state index is 12.2. The number of nitrogens with one attached hydrogen (secondary N) is 1. The van der Waals surface area contributed by atoms with Crippen molar-refractivity contribution in [2.45, 2.75) is 23.8 Å². The van der Waals surface area contributed by atoms with Gasteiger partial charge in [-0.15, -0.1) is 10.2 Å². The van der Waals surface area contributed by atoms with Crippen molar-refractivity contribution in [3.8, 4) is 5.75 Å². The highest BCUT2D eigenvalue weighted by atomic mass is 35.5. The Morgan fingerprint density at radius 3 is 2.86 bits per heavy atom. The van der Waals surface area contributed by atoms with Gasteiger partial charge >= 0.3 is 0 Å². The summed E-state index contributed by atoms with van der Waals surface area (Å²) in [6.45, 7) is 1.87. The summed E-state index contributed by atoms with van der Waals surface area (Å²) in [6, 6.07) is 7.06. The summed E-state index contributed by atoms with van der Waals surface area (Å²) in [4.78, 5) is 12.2. The van der Waals surface area contributed by atoms with Crippen LogP contribution in [0, 0.1) is 0 Å². The molecule has 0 aliphatic heterocycles. The minimum Gasteiger partial charge on any atom is -0.479 e. The zero-order chi connectivity index (χ0) is 15.2. The SMILES string of the molecule is CC[C@@H](Oc1ccccc1Cl)C(=O)Nc1nnc(SC)s1. The molecule has 21 heavy (non-hydrogen) atoms. The van der Waals surface area contributed by atoms with Crippen molar-refractivity contribution in [1.29, 1.82) is 0 Å². The Morgan fingerprint density at radius 2 is 2.24 bits per heavy atom. The fraction of sp³-hybridized carbons (Fsp3) is 0.308. The van der Waals surface area contributed by atoms with Crippen molar-refractivity contribution in [2.24, 2.45) is 0 Å². The highest BCUT2D eigenvalue weighted by molar-refractivity contribution is 8.00. The predicted molar refractivity (Wildman–Crippen MR) is 86.5 cm³/mol. The molecule has 0 radical (unpaired) electrons. The highest BCUT2D eigenvalue weighted by Gasteiger charge is 2.21. The first-order valence-corrected chi connectivity index (χ1v) is 8.65. The van der Waals surface area contributed by atoms with Crippen LogP contribution in [0.25, 0.3) is 0 Å². The van der Waals surface area contributed by atoms with Crippen LogP contribution in [0.4, 0.5) is 5.13 Å². The Labute approximate surface area is 136 Å². The number of nitrogens with zero attached hydrogens (tertiary/aromatic N) is 2. The lowest BCUT2D eigenvalue weighted by Gasteiger charge is -2.17. The van der Waals surface area contributed by atoms with Gasteiger partial charge in [-0.05, 0) is 24.8 Å². The third-order valence-corrected chi connectivity index (χ3v) is 4.71. The molecule has 1 heterocycles. The number of carbonyl (C=O) groups is 1. The molecule has 5 nitrogen and oxygen atoms in total. The van der Waals surface area contributed by atoms with E-state index in [2.05, 4.69) is 15.5 Å². The molecule has 0 aliphatic rings. The zero-order valence-electron chi connectivity index (χ0n) is 11.5. The maximum Gasteiger partial charge on any atom is 0.267 e. The molecule has 0 aliphatic carbocycles. The number of carbonyl (C=O) groups excluding carboxylic acids is 1. The van der Waals surface area contributed by atoms with E-state index < -0.39 is 6.10 Å². The van der Waals surface area contributed by atoms with E-state index in [0.717, 1.165) is 4.34 Å². The number of ether oxygens (including phenoxy) is 1. The topological polar surface area (TPSA) is 64.1 Å². The summed E-state index contributed by atoms with van der Waals surface area (Å²) in [5, 5.41) is 11.5. The largest absolute Gasteiger partial charge is 0.479 e. The number of hydrogen-bond donors (Lipinski definition) is 1. The van der Waals surface area contributed by atoms with Crippen LogP contribution >= 0.6 is 34.7 Å². The van der Waals surface area contributed by atoms with Gasteiger partial charge in [0, 0.05) is 0 Å². The van der Waals surface area contributed by atoms with E-state index in [-0.39, 0.29) is 5.91 Å². The molecule has 0 bridgehead atoms. The van der Waals surface area contributed by atoms with E-state index in [1.54, 1.807) is 24.3 Å². The van der Waals surface area contributed by atoms with E-state index in [1.165, 1.54) is 23.1 Å². The van der Waals surface area contributed by atoms with Gasteiger partial charge < -0.3 is 4.74 Å². The van der Waals surface area contributed by atoms with Crippen LogP contribution in [0.3, 0.4) is 0 Å². The Kier molecular flexibility index (Phi) is 5.84. The first-order chi connectivity index (χ1) is 10.1. The highest BCUT2D eigenvalue weighted by Crippen LogP contribution is 2.26. The second kappa shape index (κ2) is 7.63. The molecular formula is C13H14ClN3O2S2. The zero-order valence-corrected chi connectivity index (χ0v) is 13.9. The lowest BCUT2D eigenvalue weighted by molar-refractivity contribution is -0.122. The molecule has 2 rings (SSSR count). The lowest BCUT2D eigenvalue weighted by Crippen LogP contribution is -2.32. The summed E-state index contributed by atoms with van der Waals surface area (Å²) in [6.07, 6.45) is 1.79. The summed E-state index contributed by atoms with van der Waals surface area (Å²) in [7, 11) is 0. The number of aromatic nitrogens is 2. The standard InChI is InChI=1S/C13H14ClN3O2S2/c1-3-9(19-10-7-5-4-6-8(10)14)11(18)15-12-16-17-13(20-2)21-12/h4-7,9H,3H2,1-2H3,(H,15,16,18)/t9-/m1/s1. The molecule has 1 amide bonds. The smallest absolute Gasteiger partial charge is 0.267 e. The summed E-state index contributed by atoms with van der Waals surface area (Å²) < 4.78 is 6.47. The van der Waals surface area contributed by atoms with Crippen LogP contribution in [-0.2, 0) is 4.79 Å². The molecule has 0 saturated heterocycles. The second-order valence-electron chi connectivity index (χ2n) is 4.01. The average molecular weight is 344 g/mol. The van der Waals surface area contributed by atoms with Crippen LogP contribution in [0.15, 0.2) is 28.6 Å². The molecule has 8 heteroatoms. The van der Waals surface area contributed by atoms with Gasteiger partial charge in [-0.2, -0.15) is 0 Å². The molecule has 1 aromatic heterocycles. The van der Waals surface area contributed by atoms with Crippen LogP contribution in [0.5, 0.6) is 5.75 Å². The quantitative estimate of drug-likeness (QED) is 0.640. The Bertz CT molecular complexity index is 621. The number of para-hydroxylation sites is 1. The number of amides is 1. The molecule has 0 fully saturated rings. The molecule has 0 saturated carbocycles. The predicted octanol–water partition coefficient (Wildman–Crippen LogP) is 3.71. The normalized spacial score (nSPS) is 12.0. The van der Waals surface area contributed by atoms with Crippen LogP contribution in [-0.4, -0.2) is 28.5 Å². The Hall–Kier alpha value is -1.31. The molecule has 1 aromatic carbocycles. The van der Waals surface area contributed by atoms with Gasteiger partial charge in [-0.3, -0.25) is 10.1 Å². The van der Waals surface area contributed by atoms with Gasteiger partial charge in [-0.1, -0.05) is 53.8 Å². The Balaban J connectivity index is 2.03. The van der Waals surface area contributed by atoms with E-state index in [0.29, 0.717) is 22.3 Å². The minimum atomic E-state index is -0.633. The first kappa shape index (κ1) is 16.1. The van der Waals surface area contributed by atoms with Gasteiger partial charge in [-0.25, -0.2) is 0 Å². The molecule has 1 N–H and O–H groups in total. The van der Waals surface area contributed by atoms with Crippen molar-refractivity contribution < 1.29 is 9.53 Å². The van der Waals surface area contributed by atoms with Crippen molar-refractivity contribution in [3.63, 3.8) is 0 Å².